The molecule has 2 heterocycles. The molecule has 2 aliphatic heterocycles. The molecular formula is C17H23N3O4. The third-order valence-electron chi connectivity index (χ3n) is 4.30. The molecule has 0 radical (unpaired) electrons. The lowest BCUT2D eigenvalue weighted by atomic mass is 9.98. The highest BCUT2D eigenvalue weighted by molar-refractivity contribution is 6.00. The van der Waals surface area contributed by atoms with Gasteiger partial charge >= 0.3 is 6.03 Å². The molecule has 1 atom stereocenters. The number of carbonyl (C=O) groups excluding carboxylic acids is 2. The molecule has 0 saturated carbocycles. The third kappa shape index (κ3) is 3.37. The van der Waals surface area contributed by atoms with Gasteiger partial charge in [-0.3, -0.25) is 4.79 Å². The summed E-state index contributed by atoms with van der Waals surface area (Å²) in [6, 6.07) is 5.09. The smallest absolute Gasteiger partial charge is 0.322 e. The predicted octanol–water partition coefficient (Wildman–Crippen LogP) is 0.976. The average Bonchev–Trinajstić information content (AvgIpc) is 2.54. The van der Waals surface area contributed by atoms with Crippen LogP contribution in [0, 0.1) is 0 Å². The van der Waals surface area contributed by atoms with Crippen molar-refractivity contribution >= 4 is 17.6 Å². The number of urea groups is 1. The lowest BCUT2D eigenvalue weighted by molar-refractivity contribution is -0.137. The van der Waals surface area contributed by atoms with Crippen molar-refractivity contribution in [2.24, 2.45) is 0 Å². The highest BCUT2D eigenvalue weighted by Gasteiger charge is 2.35. The van der Waals surface area contributed by atoms with Gasteiger partial charge in [-0.15, -0.1) is 0 Å². The number of morpholine rings is 1. The molecule has 130 valence electrons. The molecule has 1 saturated heterocycles. The number of hydrogen-bond donors (Lipinski definition) is 3. The average molecular weight is 333 g/mol. The van der Waals surface area contributed by atoms with E-state index in [1.165, 1.54) is 0 Å². The number of nitrogens with zero attached hydrogens (tertiary/aromatic N) is 1. The number of anilines is 1. The molecule has 1 fully saturated rings. The zero-order valence-electron chi connectivity index (χ0n) is 14.0. The maximum atomic E-state index is 12.7. The SMILES string of the molecule is CC1(C)CN(C(=O)Nc2cccc3c2CCNC3=O)CC(CO)O1. The Labute approximate surface area is 141 Å². The van der Waals surface area contributed by atoms with Gasteiger partial charge in [0.05, 0.1) is 31.4 Å². The van der Waals surface area contributed by atoms with E-state index in [0.29, 0.717) is 37.3 Å². The fraction of sp³-hybridized carbons (Fsp3) is 0.529. The Morgan fingerprint density at radius 2 is 2.29 bits per heavy atom. The number of aliphatic hydroxyl groups excluding tert-OH is 1. The monoisotopic (exact) mass is 333 g/mol. The first kappa shape index (κ1) is 16.7. The van der Waals surface area contributed by atoms with Crippen molar-refractivity contribution in [1.29, 1.82) is 0 Å². The molecule has 7 nitrogen and oxygen atoms in total. The molecule has 1 aromatic carbocycles. The number of benzene rings is 1. The van der Waals surface area contributed by atoms with E-state index >= 15 is 0 Å². The standard InChI is InChI=1S/C17H23N3O4/c1-17(2)10-20(8-11(9-21)24-17)16(23)19-14-5-3-4-13-12(14)6-7-18-15(13)22/h3-5,11,21H,6-10H2,1-2H3,(H,18,22)(H,19,23). The third-order valence-corrected chi connectivity index (χ3v) is 4.30. The molecular weight excluding hydrogens is 310 g/mol. The van der Waals surface area contributed by atoms with Crippen LogP contribution in [0.5, 0.6) is 0 Å². The summed E-state index contributed by atoms with van der Waals surface area (Å²) in [5.74, 6) is -0.111. The van der Waals surface area contributed by atoms with E-state index in [1.807, 2.05) is 19.9 Å². The number of ether oxygens (including phenoxy) is 1. The first-order chi connectivity index (χ1) is 11.4. The first-order valence-corrected chi connectivity index (χ1v) is 8.14. The quantitative estimate of drug-likeness (QED) is 0.752. The van der Waals surface area contributed by atoms with Crippen molar-refractivity contribution in [2.45, 2.75) is 32.0 Å². The van der Waals surface area contributed by atoms with Gasteiger partial charge in [0.15, 0.2) is 0 Å². The van der Waals surface area contributed by atoms with Gasteiger partial charge in [-0.05, 0) is 38.0 Å². The lowest BCUT2D eigenvalue weighted by Gasteiger charge is -2.42. The highest BCUT2D eigenvalue weighted by Crippen LogP contribution is 2.25. The number of rotatable bonds is 2. The van der Waals surface area contributed by atoms with Crippen molar-refractivity contribution in [3.05, 3.63) is 29.3 Å². The predicted molar refractivity (Wildman–Crippen MR) is 89.1 cm³/mol. The zero-order valence-corrected chi connectivity index (χ0v) is 14.0. The minimum atomic E-state index is -0.515. The van der Waals surface area contributed by atoms with Gasteiger partial charge in [0.1, 0.15) is 0 Å². The summed E-state index contributed by atoms with van der Waals surface area (Å²) in [5.41, 5.74) is 1.62. The van der Waals surface area contributed by atoms with Crippen LogP contribution >= 0.6 is 0 Å². The number of fused-ring (bicyclic) bond motifs is 1. The lowest BCUT2D eigenvalue weighted by Crippen LogP contribution is -2.56. The maximum Gasteiger partial charge on any atom is 0.322 e. The second-order valence-corrected chi connectivity index (χ2v) is 6.83. The van der Waals surface area contributed by atoms with Crippen LogP contribution in [0.3, 0.4) is 0 Å². The van der Waals surface area contributed by atoms with E-state index in [-0.39, 0.29) is 18.5 Å². The minimum absolute atomic E-state index is 0.111. The molecule has 1 aromatic rings. The van der Waals surface area contributed by atoms with E-state index in [0.717, 1.165) is 5.56 Å². The molecule has 0 spiro atoms. The summed E-state index contributed by atoms with van der Waals surface area (Å²) < 4.78 is 5.73. The normalized spacial score (nSPS) is 22.5. The van der Waals surface area contributed by atoms with Crippen molar-refractivity contribution in [1.82, 2.24) is 10.2 Å². The van der Waals surface area contributed by atoms with E-state index < -0.39 is 11.7 Å². The van der Waals surface area contributed by atoms with E-state index in [1.54, 1.807) is 17.0 Å². The van der Waals surface area contributed by atoms with Gasteiger partial charge in [0.2, 0.25) is 0 Å². The van der Waals surface area contributed by atoms with Crippen LogP contribution in [-0.4, -0.2) is 59.9 Å². The maximum absolute atomic E-state index is 12.7. The summed E-state index contributed by atoms with van der Waals surface area (Å²) in [6.45, 7) is 4.99. The Kier molecular flexibility index (Phi) is 4.47. The van der Waals surface area contributed by atoms with Gasteiger partial charge in [-0.25, -0.2) is 4.79 Å². The Balaban J connectivity index is 1.78. The molecule has 0 bridgehead atoms. The van der Waals surface area contributed by atoms with Crippen LogP contribution < -0.4 is 10.6 Å². The van der Waals surface area contributed by atoms with Gasteiger partial charge in [-0.2, -0.15) is 0 Å². The molecule has 0 aliphatic carbocycles. The van der Waals surface area contributed by atoms with Crippen LogP contribution in [0.4, 0.5) is 10.5 Å². The van der Waals surface area contributed by atoms with E-state index in [9.17, 15) is 14.7 Å². The van der Waals surface area contributed by atoms with Crippen molar-refractivity contribution in [2.75, 3.05) is 31.6 Å². The van der Waals surface area contributed by atoms with Crippen LogP contribution in [0.2, 0.25) is 0 Å². The number of aliphatic hydroxyl groups is 1. The van der Waals surface area contributed by atoms with Crippen molar-refractivity contribution < 1.29 is 19.4 Å². The van der Waals surface area contributed by atoms with E-state index in [4.69, 9.17) is 4.74 Å². The summed E-state index contributed by atoms with van der Waals surface area (Å²) in [4.78, 5) is 26.2. The topological polar surface area (TPSA) is 90.9 Å². The molecule has 24 heavy (non-hydrogen) atoms. The molecule has 2 aliphatic rings. The van der Waals surface area contributed by atoms with Gasteiger partial charge in [0, 0.05) is 17.8 Å². The fourth-order valence-electron chi connectivity index (χ4n) is 3.32. The van der Waals surface area contributed by atoms with Crippen LogP contribution in [0.1, 0.15) is 29.8 Å². The summed E-state index contributed by atoms with van der Waals surface area (Å²) in [7, 11) is 0. The Morgan fingerprint density at radius 3 is 3.04 bits per heavy atom. The second kappa shape index (κ2) is 6.41. The van der Waals surface area contributed by atoms with Gasteiger partial charge in [0.25, 0.3) is 5.91 Å². The first-order valence-electron chi connectivity index (χ1n) is 8.14. The molecule has 1 unspecified atom stereocenters. The van der Waals surface area contributed by atoms with Crippen LogP contribution in [-0.2, 0) is 11.2 Å². The minimum Gasteiger partial charge on any atom is -0.394 e. The second-order valence-electron chi connectivity index (χ2n) is 6.83. The molecule has 3 rings (SSSR count). The van der Waals surface area contributed by atoms with Crippen LogP contribution in [0.15, 0.2) is 18.2 Å². The molecule has 3 amide bonds. The zero-order chi connectivity index (χ0) is 17.3. The van der Waals surface area contributed by atoms with E-state index in [2.05, 4.69) is 10.6 Å². The van der Waals surface area contributed by atoms with Gasteiger partial charge < -0.3 is 25.4 Å². The highest BCUT2D eigenvalue weighted by atomic mass is 16.5. The Morgan fingerprint density at radius 1 is 1.50 bits per heavy atom. The summed E-state index contributed by atoms with van der Waals surface area (Å²) in [6.07, 6.45) is 0.292. The Hall–Kier alpha value is -2.12. The Bertz CT molecular complexity index is 659. The van der Waals surface area contributed by atoms with Crippen molar-refractivity contribution in [3.8, 4) is 0 Å². The largest absolute Gasteiger partial charge is 0.394 e. The number of carbonyl (C=O) groups is 2. The molecule has 7 heteroatoms. The van der Waals surface area contributed by atoms with Crippen molar-refractivity contribution in [3.63, 3.8) is 0 Å². The van der Waals surface area contributed by atoms with Crippen LogP contribution in [0.25, 0.3) is 0 Å². The number of nitrogens with one attached hydrogen (secondary N) is 2. The summed E-state index contributed by atoms with van der Waals surface area (Å²) in [5, 5.41) is 15.1. The molecule has 0 aromatic heterocycles. The summed E-state index contributed by atoms with van der Waals surface area (Å²) >= 11 is 0. The fourth-order valence-corrected chi connectivity index (χ4v) is 3.32. The number of amides is 3. The van der Waals surface area contributed by atoms with Gasteiger partial charge in [-0.1, -0.05) is 6.07 Å². The molecule has 3 N–H and O–H groups in total. The number of hydrogen-bond acceptors (Lipinski definition) is 4.